The van der Waals surface area contributed by atoms with Crippen molar-refractivity contribution < 1.29 is 14.6 Å². The Morgan fingerprint density at radius 3 is 2.30 bits per heavy atom. The van der Waals surface area contributed by atoms with Gasteiger partial charge in [0, 0.05) is 16.9 Å². The van der Waals surface area contributed by atoms with Gasteiger partial charge in [0.05, 0.1) is 18.0 Å². The van der Waals surface area contributed by atoms with Crippen LogP contribution >= 0.6 is 11.8 Å². The minimum Gasteiger partial charge on any atom is -0.492 e. The molecular formula is C25H35NO3S. The zero-order valence-electron chi connectivity index (χ0n) is 19.0. The Morgan fingerprint density at radius 2 is 1.73 bits per heavy atom. The summed E-state index contributed by atoms with van der Waals surface area (Å²) in [5.41, 5.74) is 1.46. The predicted molar refractivity (Wildman–Crippen MR) is 125 cm³/mol. The predicted octanol–water partition coefficient (Wildman–Crippen LogP) is 5.95. The van der Waals surface area contributed by atoms with Crippen LogP contribution in [-0.4, -0.2) is 41.7 Å². The quantitative estimate of drug-likeness (QED) is 0.506. The van der Waals surface area contributed by atoms with Gasteiger partial charge >= 0.3 is 5.97 Å². The Kier molecular flexibility index (Phi) is 8.80. The smallest absolute Gasteiger partial charge is 0.317 e. The zero-order valence-corrected chi connectivity index (χ0v) is 19.8. The molecule has 5 heteroatoms. The van der Waals surface area contributed by atoms with Gasteiger partial charge in [0.1, 0.15) is 5.75 Å². The van der Waals surface area contributed by atoms with Gasteiger partial charge in [-0.2, -0.15) is 0 Å². The first-order valence-electron chi connectivity index (χ1n) is 10.6. The van der Waals surface area contributed by atoms with E-state index in [1.54, 1.807) is 11.8 Å². The maximum absolute atomic E-state index is 11.1. The number of carboxylic acids is 1. The minimum absolute atomic E-state index is 0.0546. The van der Waals surface area contributed by atoms with E-state index >= 15 is 0 Å². The summed E-state index contributed by atoms with van der Waals surface area (Å²) in [6, 6.07) is 16.9. The summed E-state index contributed by atoms with van der Waals surface area (Å²) in [5, 5.41) is 9.12. The summed E-state index contributed by atoms with van der Waals surface area (Å²) in [6.07, 6.45) is 0. The van der Waals surface area contributed by atoms with E-state index in [1.165, 1.54) is 10.5 Å². The maximum atomic E-state index is 11.1. The number of nitrogens with zero attached hydrogens (tertiary/aromatic N) is 1. The SMILES string of the molecule is CCN(CC(=O)O)C(C)C(C)COc1ccccc1Sc1ccc(C(C)(C)C)cc1. The van der Waals surface area contributed by atoms with Crippen LogP contribution in [0.25, 0.3) is 0 Å². The van der Waals surface area contributed by atoms with E-state index in [2.05, 4.69) is 65.0 Å². The van der Waals surface area contributed by atoms with Crippen LogP contribution in [0.1, 0.15) is 47.1 Å². The van der Waals surface area contributed by atoms with Crippen LogP contribution in [0.4, 0.5) is 0 Å². The molecule has 0 heterocycles. The van der Waals surface area contributed by atoms with Gasteiger partial charge in [0.2, 0.25) is 0 Å². The van der Waals surface area contributed by atoms with Crippen molar-refractivity contribution in [3.63, 3.8) is 0 Å². The summed E-state index contributed by atoms with van der Waals surface area (Å²) >= 11 is 1.70. The highest BCUT2D eigenvalue weighted by atomic mass is 32.2. The summed E-state index contributed by atoms with van der Waals surface area (Å²) in [7, 11) is 0. The second-order valence-electron chi connectivity index (χ2n) is 8.81. The van der Waals surface area contributed by atoms with Crippen molar-refractivity contribution in [3.8, 4) is 5.75 Å². The third-order valence-corrected chi connectivity index (χ3v) is 6.51. The van der Waals surface area contributed by atoms with Gasteiger partial charge < -0.3 is 9.84 Å². The van der Waals surface area contributed by atoms with Gasteiger partial charge in [-0.3, -0.25) is 9.69 Å². The molecule has 2 aromatic rings. The molecule has 30 heavy (non-hydrogen) atoms. The Hall–Kier alpha value is -1.98. The van der Waals surface area contributed by atoms with E-state index in [-0.39, 0.29) is 23.9 Å². The van der Waals surface area contributed by atoms with Gasteiger partial charge in [-0.05, 0) is 48.7 Å². The lowest BCUT2D eigenvalue weighted by atomic mass is 9.87. The van der Waals surface area contributed by atoms with Crippen LogP contribution in [0, 0.1) is 5.92 Å². The lowest BCUT2D eigenvalue weighted by molar-refractivity contribution is -0.139. The summed E-state index contributed by atoms with van der Waals surface area (Å²) in [4.78, 5) is 15.3. The minimum atomic E-state index is -0.795. The highest BCUT2D eigenvalue weighted by Gasteiger charge is 2.22. The van der Waals surface area contributed by atoms with E-state index in [0.717, 1.165) is 10.6 Å². The van der Waals surface area contributed by atoms with Crippen LogP contribution in [0.2, 0.25) is 0 Å². The molecule has 0 saturated carbocycles. The third-order valence-electron chi connectivity index (χ3n) is 5.44. The van der Waals surface area contributed by atoms with Gasteiger partial charge in [-0.25, -0.2) is 0 Å². The molecule has 2 unspecified atom stereocenters. The van der Waals surface area contributed by atoms with E-state index in [1.807, 2.05) is 30.0 Å². The van der Waals surface area contributed by atoms with E-state index in [9.17, 15) is 4.79 Å². The molecule has 2 aromatic carbocycles. The topological polar surface area (TPSA) is 49.8 Å². The number of carboxylic acid groups (broad SMARTS) is 1. The number of benzene rings is 2. The van der Waals surface area contributed by atoms with E-state index in [0.29, 0.717) is 13.2 Å². The molecule has 0 spiro atoms. The largest absolute Gasteiger partial charge is 0.492 e. The van der Waals surface area contributed by atoms with Crippen molar-refractivity contribution in [3.05, 3.63) is 54.1 Å². The fourth-order valence-corrected chi connectivity index (χ4v) is 4.14. The van der Waals surface area contributed by atoms with Crippen molar-refractivity contribution in [1.82, 2.24) is 4.90 Å². The van der Waals surface area contributed by atoms with Gasteiger partial charge in [0.15, 0.2) is 0 Å². The molecule has 0 amide bonds. The van der Waals surface area contributed by atoms with Crippen molar-refractivity contribution in [1.29, 1.82) is 0 Å². The fourth-order valence-electron chi connectivity index (χ4n) is 3.24. The molecule has 2 rings (SSSR count). The first-order valence-corrected chi connectivity index (χ1v) is 11.4. The number of likely N-dealkylation sites (N-methyl/N-ethyl adjacent to an activating group) is 1. The Morgan fingerprint density at radius 1 is 1.10 bits per heavy atom. The second-order valence-corrected chi connectivity index (χ2v) is 9.92. The van der Waals surface area contributed by atoms with Crippen LogP contribution < -0.4 is 4.74 Å². The number of ether oxygens (including phenoxy) is 1. The van der Waals surface area contributed by atoms with Crippen LogP contribution in [0.15, 0.2) is 58.3 Å². The molecule has 0 radical (unpaired) electrons. The lowest BCUT2D eigenvalue weighted by Crippen LogP contribution is -2.42. The fraction of sp³-hybridized carbons (Fsp3) is 0.480. The van der Waals surface area contributed by atoms with Crippen LogP contribution in [-0.2, 0) is 10.2 Å². The van der Waals surface area contributed by atoms with Crippen molar-refractivity contribution in [2.24, 2.45) is 5.92 Å². The summed E-state index contributed by atoms with van der Waals surface area (Å²) in [6.45, 7) is 14.1. The molecule has 164 valence electrons. The van der Waals surface area contributed by atoms with Crippen molar-refractivity contribution >= 4 is 17.7 Å². The third kappa shape index (κ3) is 7.06. The molecule has 0 fully saturated rings. The molecule has 1 N–H and O–H groups in total. The number of hydrogen-bond donors (Lipinski definition) is 1. The highest BCUT2D eigenvalue weighted by Crippen LogP contribution is 2.36. The normalized spacial score (nSPS) is 13.8. The Labute approximate surface area is 185 Å². The molecule has 2 atom stereocenters. The van der Waals surface area contributed by atoms with E-state index < -0.39 is 5.97 Å². The number of hydrogen-bond acceptors (Lipinski definition) is 4. The molecule has 0 aliphatic rings. The first-order chi connectivity index (χ1) is 14.1. The molecule has 0 saturated heterocycles. The van der Waals surface area contributed by atoms with Gasteiger partial charge in [-0.1, -0.05) is 70.6 Å². The Bertz CT molecular complexity index is 814. The molecule has 4 nitrogen and oxygen atoms in total. The number of aliphatic carboxylic acids is 1. The molecule has 0 aliphatic heterocycles. The summed E-state index contributed by atoms with van der Waals surface area (Å²) < 4.78 is 6.17. The molecular weight excluding hydrogens is 394 g/mol. The second kappa shape index (κ2) is 10.9. The van der Waals surface area contributed by atoms with Gasteiger partial charge in [0.25, 0.3) is 0 Å². The standard InChI is InChI=1S/C25H35NO3S/c1-7-26(16-24(27)28)19(3)18(2)17-29-22-10-8-9-11-23(22)30-21-14-12-20(13-15-21)25(4,5)6/h8-15,18-19H,7,16-17H2,1-6H3,(H,27,28). The van der Waals surface area contributed by atoms with Crippen LogP contribution in [0.3, 0.4) is 0 Å². The molecule has 0 bridgehead atoms. The molecule has 0 aliphatic carbocycles. The number of para-hydroxylation sites is 1. The van der Waals surface area contributed by atoms with Gasteiger partial charge in [-0.15, -0.1) is 0 Å². The average Bonchev–Trinajstić information content (AvgIpc) is 2.70. The maximum Gasteiger partial charge on any atom is 0.317 e. The number of rotatable bonds is 10. The summed E-state index contributed by atoms with van der Waals surface area (Å²) in [5.74, 6) is 0.271. The monoisotopic (exact) mass is 429 g/mol. The first kappa shape index (κ1) is 24.3. The average molecular weight is 430 g/mol. The lowest BCUT2D eigenvalue weighted by Gasteiger charge is -2.31. The Balaban J connectivity index is 2.04. The van der Waals surface area contributed by atoms with E-state index in [4.69, 9.17) is 9.84 Å². The number of carbonyl (C=O) groups is 1. The van der Waals surface area contributed by atoms with Crippen molar-refractivity contribution in [2.75, 3.05) is 19.7 Å². The zero-order chi connectivity index (χ0) is 22.3. The van der Waals surface area contributed by atoms with Crippen LogP contribution in [0.5, 0.6) is 5.75 Å². The van der Waals surface area contributed by atoms with Crippen molar-refractivity contribution in [2.45, 2.75) is 62.8 Å². The molecule has 0 aromatic heterocycles. The highest BCUT2D eigenvalue weighted by molar-refractivity contribution is 7.99.